The van der Waals surface area contributed by atoms with Crippen molar-refractivity contribution in [1.82, 2.24) is 30.7 Å². The number of allylic oxidation sites excluding steroid dienone is 2. The molecule has 8 atom stereocenters. The second kappa shape index (κ2) is 22.8. The number of quaternary nitrogens is 1. The lowest BCUT2D eigenvalue weighted by Crippen LogP contribution is -2.97. The molecule has 15 nitrogen and oxygen atoms in total. The first-order chi connectivity index (χ1) is 31.3. The highest BCUT2D eigenvalue weighted by molar-refractivity contribution is 5.97. The van der Waals surface area contributed by atoms with Gasteiger partial charge in [-0.3, -0.25) is 29.3 Å². The van der Waals surface area contributed by atoms with Crippen molar-refractivity contribution in [3.8, 4) is 0 Å². The minimum atomic E-state index is -0.844. The standard InChI is InChI=1S/C49H67F2N7O8/c1-11-42(55-46(61)28(5)52-9)48(63)57-24-36(65-30(7)59)21-34(57)15-18-39(38-16-13-32(50)19-26(38)3)27(4)45-41(40-17-14-33(51)20-44(40)54-45)23-35-22-37(66-31(8)60)25-58(35)49(64)43(12-2)56-47(62)29(6)53-10/h13-14,16-17,19-20,28-29,34-37,42-43,52-54H,11-12,15,18,21-25H2,1-10H3,(H,55,61)(H,56,62)/p+1/b39-27+/t28-,29-,34+,35-,36?,37-,42-,43?/m0/s1. The summed E-state index contributed by atoms with van der Waals surface area (Å²) in [5, 5.41) is 10.9. The molecule has 2 fully saturated rings. The molecular formula is C49H68F2N7O8+. The number of amides is 4. The van der Waals surface area contributed by atoms with E-state index in [4.69, 9.17) is 9.47 Å². The van der Waals surface area contributed by atoms with Crippen molar-refractivity contribution in [3.63, 3.8) is 0 Å². The second-order valence-corrected chi connectivity index (χ2v) is 17.8. The number of fused-ring (bicyclic) bond motifs is 1. The Morgan fingerprint density at radius 2 is 1.41 bits per heavy atom. The third-order valence-corrected chi connectivity index (χ3v) is 13.2. The maximum Gasteiger partial charge on any atom is 0.327 e. The molecule has 360 valence electrons. The van der Waals surface area contributed by atoms with Gasteiger partial charge in [0.2, 0.25) is 11.8 Å². The number of halogens is 2. The number of rotatable bonds is 19. The van der Waals surface area contributed by atoms with Gasteiger partial charge < -0.3 is 40.2 Å². The van der Waals surface area contributed by atoms with E-state index in [1.807, 2.05) is 27.7 Å². The predicted octanol–water partition coefficient (Wildman–Crippen LogP) is 4.05. The van der Waals surface area contributed by atoms with Crippen LogP contribution in [0.3, 0.4) is 0 Å². The Hall–Kier alpha value is -5.52. The molecule has 4 amide bonds. The fourth-order valence-electron chi connectivity index (χ4n) is 9.37. The SMILES string of the molecule is CCC(NC(=O)[C@H](C)NC)C(=O)N1C[C@@H](OC(C)=O)C[C@H]1Cc1c(/C(C)=C(\CC[C@@H]2CC(OC(C)=O)CN2C(=O)[C@H](CC)[NH2+]C(=O)[C@H](C)NC)c2ccc(F)cc2C)[nH]c2cc(F)ccc12. The number of benzene rings is 2. The highest BCUT2D eigenvalue weighted by atomic mass is 19.1. The fourth-order valence-corrected chi connectivity index (χ4v) is 9.37. The summed E-state index contributed by atoms with van der Waals surface area (Å²) >= 11 is 0. The highest BCUT2D eigenvalue weighted by Crippen LogP contribution is 2.39. The van der Waals surface area contributed by atoms with Crippen molar-refractivity contribution in [2.45, 2.75) is 149 Å². The van der Waals surface area contributed by atoms with E-state index in [1.54, 1.807) is 49.9 Å². The number of aryl methyl sites for hydroxylation is 1. The Labute approximate surface area is 386 Å². The number of hydrogen-bond acceptors (Lipinski definition) is 10. The summed E-state index contributed by atoms with van der Waals surface area (Å²) in [6.45, 7) is 13.8. The van der Waals surface area contributed by atoms with Gasteiger partial charge in [-0.15, -0.1) is 0 Å². The normalized spacial score (nSPS) is 20.7. The number of likely N-dealkylation sites (N-methyl/N-ethyl adjacent to an activating group) is 2. The zero-order valence-corrected chi connectivity index (χ0v) is 39.9. The Kier molecular flexibility index (Phi) is 17.8. The Bertz CT molecular complexity index is 2320. The second-order valence-electron chi connectivity index (χ2n) is 17.8. The lowest BCUT2D eigenvalue weighted by Gasteiger charge is -2.29. The maximum atomic E-state index is 15.0. The summed E-state index contributed by atoms with van der Waals surface area (Å²) in [6, 6.07) is 5.59. The molecule has 0 aliphatic carbocycles. The number of H-pyrrole nitrogens is 1. The van der Waals surface area contributed by atoms with E-state index in [0.717, 1.165) is 22.3 Å². The van der Waals surface area contributed by atoms with Gasteiger partial charge in [-0.2, -0.15) is 0 Å². The van der Waals surface area contributed by atoms with Crippen LogP contribution in [0.2, 0.25) is 0 Å². The molecule has 0 saturated carbocycles. The van der Waals surface area contributed by atoms with Gasteiger partial charge in [-0.1, -0.05) is 19.9 Å². The van der Waals surface area contributed by atoms with Gasteiger partial charge in [0.05, 0.1) is 19.1 Å². The highest BCUT2D eigenvalue weighted by Gasteiger charge is 2.43. The summed E-state index contributed by atoms with van der Waals surface area (Å²) < 4.78 is 41.1. The molecule has 2 aromatic carbocycles. The van der Waals surface area contributed by atoms with E-state index in [0.29, 0.717) is 60.7 Å². The average molecular weight is 921 g/mol. The van der Waals surface area contributed by atoms with Crippen LogP contribution in [0.1, 0.15) is 109 Å². The number of primary amides is 1. The number of carbonyl (C=O) groups is 6. The van der Waals surface area contributed by atoms with Crippen molar-refractivity contribution >= 4 is 57.6 Å². The number of likely N-dealkylation sites (tertiary alicyclic amines) is 2. The number of aromatic amines is 1. The first kappa shape index (κ1) is 51.5. The van der Waals surface area contributed by atoms with Gasteiger partial charge in [0.15, 0.2) is 6.04 Å². The van der Waals surface area contributed by atoms with Gasteiger partial charge in [0, 0.05) is 61.8 Å². The molecule has 3 heterocycles. The predicted molar refractivity (Wildman–Crippen MR) is 246 cm³/mol. The van der Waals surface area contributed by atoms with Crippen LogP contribution in [0, 0.1) is 18.6 Å². The number of aromatic nitrogens is 1. The molecule has 5 rings (SSSR count). The lowest BCUT2D eigenvalue weighted by atomic mass is 9.88. The largest absolute Gasteiger partial charge is 0.461 e. The molecule has 2 unspecified atom stereocenters. The van der Waals surface area contributed by atoms with E-state index in [-0.39, 0.29) is 49.2 Å². The third-order valence-electron chi connectivity index (χ3n) is 13.2. The average Bonchev–Trinajstić information content (AvgIpc) is 3.97. The Morgan fingerprint density at radius 3 is 1.98 bits per heavy atom. The molecule has 3 aromatic rings. The molecule has 2 aliphatic heterocycles. The van der Waals surface area contributed by atoms with Crippen LogP contribution >= 0.6 is 0 Å². The number of esters is 2. The van der Waals surface area contributed by atoms with Gasteiger partial charge in [-0.25, -0.2) is 13.6 Å². The van der Waals surface area contributed by atoms with Gasteiger partial charge in [0.1, 0.15) is 35.9 Å². The topological polar surface area (TPSA) is 196 Å². The van der Waals surface area contributed by atoms with Crippen molar-refractivity contribution < 1.29 is 52.3 Å². The molecule has 0 bridgehead atoms. The van der Waals surface area contributed by atoms with Crippen LogP contribution in [0.4, 0.5) is 8.78 Å². The van der Waals surface area contributed by atoms with Crippen molar-refractivity contribution in [2.24, 2.45) is 0 Å². The molecule has 0 radical (unpaired) electrons. The molecule has 0 spiro atoms. The van der Waals surface area contributed by atoms with E-state index >= 15 is 0 Å². The summed E-state index contributed by atoms with van der Waals surface area (Å²) in [6.07, 6.45) is 1.29. The summed E-state index contributed by atoms with van der Waals surface area (Å²) in [5.74, 6) is -2.91. The van der Waals surface area contributed by atoms with Crippen LogP contribution < -0.4 is 21.3 Å². The quantitative estimate of drug-likeness (QED) is 0.110. The van der Waals surface area contributed by atoms with E-state index in [1.165, 1.54) is 43.4 Å². The van der Waals surface area contributed by atoms with Crippen LogP contribution in [-0.4, -0.2) is 126 Å². The molecule has 66 heavy (non-hydrogen) atoms. The zero-order valence-electron chi connectivity index (χ0n) is 39.9. The fraction of sp³-hybridized carbons (Fsp3) is 0.551. The van der Waals surface area contributed by atoms with E-state index in [9.17, 15) is 37.5 Å². The molecular weight excluding hydrogens is 853 g/mol. The molecule has 1 aromatic heterocycles. The molecule has 17 heteroatoms. The first-order valence-electron chi connectivity index (χ1n) is 23.1. The molecule has 2 aliphatic rings. The minimum Gasteiger partial charge on any atom is -0.461 e. The Morgan fingerprint density at radius 1 is 0.818 bits per heavy atom. The summed E-state index contributed by atoms with van der Waals surface area (Å²) in [7, 11) is 3.33. The van der Waals surface area contributed by atoms with Crippen LogP contribution in [0.5, 0.6) is 0 Å². The minimum absolute atomic E-state index is 0.114. The summed E-state index contributed by atoms with van der Waals surface area (Å²) in [4.78, 5) is 85.9. The van der Waals surface area contributed by atoms with Crippen LogP contribution in [0.15, 0.2) is 36.4 Å². The van der Waals surface area contributed by atoms with Crippen LogP contribution in [-0.2, 0) is 44.7 Å². The monoisotopic (exact) mass is 921 g/mol. The molecule has 6 N–H and O–H groups in total. The molecule has 2 saturated heterocycles. The first-order valence-corrected chi connectivity index (χ1v) is 23.1. The van der Waals surface area contributed by atoms with E-state index < -0.39 is 66.0 Å². The zero-order chi connectivity index (χ0) is 48.6. The lowest BCUT2D eigenvalue weighted by molar-refractivity contribution is -0.595. The van der Waals surface area contributed by atoms with Crippen LogP contribution in [0.25, 0.3) is 22.0 Å². The number of carbonyl (C=O) groups excluding carboxylic acids is 6. The number of nitrogens with one attached hydrogen (secondary N) is 4. The number of nitrogens with two attached hydrogens (primary N) is 1. The van der Waals surface area contributed by atoms with Crippen molar-refractivity contribution in [3.05, 3.63) is 70.4 Å². The van der Waals surface area contributed by atoms with Gasteiger partial charge in [-0.05, 0) is 126 Å². The Balaban J connectivity index is 1.59. The van der Waals surface area contributed by atoms with Gasteiger partial charge >= 0.3 is 17.8 Å². The number of ether oxygens (including phenoxy) is 2. The van der Waals surface area contributed by atoms with E-state index in [2.05, 4.69) is 20.9 Å². The van der Waals surface area contributed by atoms with Crippen molar-refractivity contribution in [2.75, 3.05) is 27.2 Å². The third kappa shape index (κ3) is 12.3. The smallest absolute Gasteiger partial charge is 0.327 e. The van der Waals surface area contributed by atoms with Crippen molar-refractivity contribution in [1.29, 1.82) is 0 Å². The number of nitrogens with zero attached hydrogens (tertiary/aromatic N) is 2. The number of hydrogen-bond donors (Lipinski definition) is 5. The van der Waals surface area contributed by atoms with Gasteiger partial charge in [0.25, 0.3) is 5.91 Å². The maximum absolute atomic E-state index is 15.0. The summed E-state index contributed by atoms with van der Waals surface area (Å²) in [5.41, 5.74) is 4.97.